The molecule has 0 saturated heterocycles. The number of hydrogen-bond acceptors (Lipinski definition) is 3. The van der Waals surface area contributed by atoms with Gasteiger partial charge in [-0.15, -0.1) is 0 Å². The summed E-state index contributed by atoms with van der Waals surface area (Å²) in [6.45, 7) is 1.65. The number of alkyl halides is 3. The van der Waals surface area contributed by atoms with E-state index in [0.29, 0.717) is 11.3 Å². The maximum absolute atomic E-state index is 14.1. The van der Waals surface area contributed by atoms with Crippen LogP contribution in [0.1, 0.15) is 29.7 Å². The molecule has 1 fully saturated rings. The molecule has 0 spiro atoms. The molecule has 2 amide bonds. The molecular formula is C20H16ClF3N4O2. The van der Waals surface area contributed by atoms with Crippen LogP contribution in [0.2, 0.25) is 5.02 Å². The lowest BCUT2D eigenvalue weighted by Gasteiger charge is -2.37. The van der Waals surface area contributed by atoms with Crippen LogP contribution in [0, 0.1) is 24.7 Å². The minimum atomic E-state index is -4.87. The average Bonchev–Trinajstić information content (AvgIpc) is 3.46. The van der Waals surface area contributed by atoms with Gasteiger partial charge in [0.05, 0.1) is 12.9 Å². The first-order chi connectivity index (χ1) is 14.1. The molecule has 1 aliphatic carbocycles. The third kappa shape index (κ3) is 3.63. The maximum atomic E-state index is 14.1. The maximum Gasteiger partial charge on any atom is 0.427 e. The number of amides is 2. The molecule has 10 heteroatoms. The lowest BCUT2D eigenvalue weighted by molar-refractivity contribution is -0.178. The van der Waals surface area contributed by atoms with E-state index in [1.807, 2.05) is 5.32 Å². The standard InChI is InChI=1S/C20H16ClF3N4O2/c1-11-6-17(29)28(10-25-11)9-13-7-16-14(8-15(13)21)19(20(22,23)24,27-18(30)26-16)5-4-12-2-3-12/h6-8,10,12H,2-3,9H2,1H3,(H2,26,27,30). The molecular weight excluding hydrogens is 421 g/mol. The first kappa shape index (κ1) is 20.3. The molecule has 6 nitrogen and oxygen atoms in total. The van der Waals surface area contributed by atoms with Crippen LogP contribution in [0.15, 0.2) is 29.3 Å². The van der Waals surface area contributed by atoms with Crippen LogP contribution in [0.3, 0.4) is 0 Å². The van der Waals surface area contributed by atoms with Crippen molar-refractivity contribution in [2.75, 3.05) is 5.32 Å². The van der Waals surface area contributed by atoms with Crippen molar-refractivity contribution in [3.05, 3.63) is 56.7 Å². The number of anilines is 1. The third-order valence-corrected chi connectivity index (χ3v) is 5.31. The summed E-state index contributed by atoms with van der Waals surface area (Å²) >= 11 is 6.29. The van der Waals surface area contributed by atoms with Gasteiger partial charge in [-0.1, -0.05) is 23.4 Å². The van der Waals surface area contributed by atoms with Gasteiger partial charge in [0.1, 0.15) is 0 Å². The predicted octanol–water partition coefficient (Wildman–Crippen LogP) is 3.56. The fourth-order valence-corrected chi connectivity index (χ4v) is 3.42. The van der Waals surface area contributed by atoms with Crippen LogP contribution in [-0.4, -0.2) is 21.8 Å². The quantitative estimate of drug-likeness (QED) is 0.707. The lowest BCUT2D eigenvalue weighted by atomic mass is 9.85. The number of carbonyl (C=O) groups is 1. The van der Waals surface area contributed by atoms with Crippen LogP contribution in [-0.2, 0) is 12.1 Å². The fourth-order valence-electron chi connectivity index (χ4n) is 3.19. The van der Waals surface area contributed by atoms with Crippen molar-refractivity contribution in [2.45, 2.75) is 38.0 Å². The van der Waals surface area contributed by atoms with Crippen molar-refractivity contribution in [1.29, 1.82) is 0 Å². The molecule has 1 unspecified atom stereocenters. The predicted molar refractivity (Wildman–Crippen MR) is 104 cm³/mol. The zero-order valence-electron chi connectivity index (χ0n) is 15.7. The molecule has 1 aliphatic heterocycles. The summed E-state index contributed by atoms with van der Waals surface area (Å²) in [6, 6.07) is 2.79. The van der Waals surface area contributed by atoms with Gasteiger partial charge in [0, 0.05) is 34.0 Å². The minimum absolute atomic E-state index is 0.0148. The Bertz CT molecular complexity index is 1160. The van der Waals surface area contributed by atoms with Crippen LogP contribution in [0.25, 0.3) is 0 Å². The highest BCUT2D eigenvalue weighted by Crippen LogP contribution is 2.45. The Morgan fingerprint density at radius 1 is 1.30 bits per heavy atom. The second-order valence-corrected chi connectivity index (χ2v) is 7.76. The van der Waals surface area contributed by atoms with E-state index in [-0.39, 0.29) is 34.3 Å². The van der Waals surface area contributed by atoms with E-state index in [1.54, 1.807) is 6.92 Å². The zero-order valence-corrected chi connectivity index (χ0v) is 16.5. The normalized spacial score (nSPS) is 20.5. The van der Waals surface area contributed by atoms with Crippen LogP contribution in [0.4, 0.5) is 23.7 Å². The molecule has 30 heavy (non-hydrogen) atoms. The van der Waals surface area contributed by atoms with Crippen LogP contribution >= 0.6 is 11.6 Å². The summed E-state index contributed by atoms with van der Waals surface area (Å²) in [6.07, 6.45) is -2.07. The number of urea groups is 1. The molecule has 2 N–H and O–H groups in total. The van der Waals surface area contributed by atoms with Gasteiger partial charge in [0.25, 0.3) is 5.56 Å². The molecule has 2 aromatic rings. The van der Waals surface area contributed by atoms with E-state index in [4.69, 9.17) is 11.6 Å². The van der Waals surface area contributed by atoms with Gasteiger partial charge >= 0.3 is 12.2 Å². The Morgan fingerprint density at radius 3 is 2.67 bits per heavy atom. The molecule has 0 bridgehead atoms. The van der Waals surface area contributed by atoms with E-state index in [2.05, 4.69) is 22.1 Å². The molecule has 1 aromatic carbocycles. The molecule has 0 radical (unpaired) electrons. The van der Waals surface area contributed by atoms with Gasteiger partial charge in [-0.25, -0.2) is 9.78 Å². The first-order valence-corrected chi connectivity index (χ1v) is 9.51. The van der Waals surface area contributed by atoms with Gasteiger partial charge in [0.15, 0.2) is 0 Å². The van der Waals surface area contributed by atoms with Gasteiger partial charge in [-0.3, -0.25) is 9.36 Å². The average molecular weight is 437 g/mol. The molecule has 2 heterocycles. The Morgan fingerprint density at radius 2 is 2.03 bits per heavy atom. The molecule has 2 aliphatic rings. The van der Waals surface area contributed by atoms with Gasteiger partial charge in [0.2, 0.25) is 5.54 Å². The summed E-state index contributed by atoms with van der Waals surface area (Å²) in [5, 5.41) is 4.35. The summed E-state index contributed by atoms with van der Waals surface area (Å²) in [5.41, 5.74) is -2.65. The second kappa shape index (κ2) is 7.06. The summed E-state index contributed by atoms with van der Waals surface area (Å²) < 4.78 is 43.7. The second-order valence-electron chi connectivity index (χ2n) is 7.36. The van der Waals surface area contributed by atoms with Crippen LogP contribution < -0.4 is 16.2 Å². The van der Waals surface area contributed by atoms with Crippen molar-refractivity contribution >= 4 is 23.3 Å². The Labute approximate surface area is 174 Å². The summed E-state index contributed by atoms with van der Waals surface area (Å²) in [5.74, 6) is 4.78. The summed E-state index contributed by atoms with van der Waals surface area (Å²) in [7, 11) is 0. The third-order valence-electron chi connectivity index (χ3n) is 4.96. The SMILES string of the molecule is Cc1cc(=O)n(Cc2cc3c(cc2Cl)C(C#CC2CC2)(C(F)(F)F)NC(=O)N3)cn1. The summed E-state index contributed by atoms with van der Waals surface area (Å²) in [4.78, 5) is 28.3. The highest BCUT2D eigenvalue weighted by Gasteiger charge is 2.59. The molecule has 1 atom stereocenters. The van der Waals surface area contributed by atoms with Crippen LogP contribution in [0.5, 0.6) is 0 Å². The van der Waals surface area contributed by atoms with Crippen molar-refractivity contribution in [2.24, 2.45) is 5.92 Å². The van der Waals surface area contributed by atoms with Crippen molar-refractivity contribution in [3.8, 4) is 11.8 Å². The number of aryl methyl sites for hydroxylation is 1. The molecule has 1 aromatic heterocycles. The fraction of sp³-hybridized carbons (Fsp3) is 0.350. The number of nitrogens with one attached hydrogen (secondary N) is 2. The van der Waals surface area contributed by atoms with Crippen molar-refractivity contribution in [3.63, 3.8) is 0 Å². The molecule has 4 rings (SSSR count). The highest BCUT2D eigenvalue weighted by atomic mass is 35.5. The number of rotatable bonds is 2. The smallest absolute Gasteiger partial charge is 0.310 e. The van der Waals surface area contributed by atoms with E-state index < -0.39 is 17.7 Å². The number of benzene rings is 1. The van der Waals surface area contributed by atoms with Gasteiger partial charge in [-0.05, 0) is 37.5 Å². The van der Waals surface area contributed by atoms with E-state index in [0.717, 1.165) is 18.9 Å². The largest absolute Gasteiger partial charge is 0.427 e. The highest BCUT2D eigenvalue weighted by molar-refractivity contribution is 6.31. The Kier molecular flexibility index (Phi) is 4.77. The number of hydrogen-bond donors (Lipinski definition) is 2. The number of aromatic nitrogens is 2. The monoisotopic (exact) mass is 436 g/mol. The number of halogens is 4. The number of carbonyl (C=O) groups excluding carboxylic acids is 1. The van der Waals surface area contributed by atoms with Gasteiger partial charge in [-0.2, -0.15) is 13.2 Å². The topological polar surface area (TPSA) is 76.0 Å². The van der Waals surface area contributed by atoms with E-state index in [9.17, 15) is 22.8 Å². The number of fused-ring (bicyclic) bond motifs is 1. The first-order valence-electron chi connectivity index (χ1n) is 9.13. The minimum Gasteiger partial charge on any atom is -0.310 e. The van der Waals surface area contributed by atoms with Gasteiger partial charge < -0.3 is 10.6 Å². The van der Waals surface area contributed by atoms with Crippen molar-refractivity contribution in [1.82, 2.24) is 14.9 Å². The van der Waals surface area contributed by atoms with E-state index in [1.165, 1.54) is 23.0 Å². The lowest BCUT2D eigenvalue weighted by Crippen LogP contribution is -2.59. The van der Waals surface area contributed by atoms with E-state index >= 15 is 0 Å². The number of nitrogens with zero attached hydrogens (tertiary/aromatic N) is 2. The molecule has 1 saturated carbocycles. The Hall–Kier alpha value is -2.99. The zero-order chi connectivity index (χ0) is 21.7. The van der Waals surface area contributed by atoms with Crippen molar-refractivity contribution < 1.29 is 18.0 Å². The molecule has 156 valence electrons. The Balaban J connectivity index is 1.82.